The molecule has 1 aromatic rings. The largest absolute Gasteiger partial charge is 0.374 e. The van der Waals surface area contributed by atoms with E-state index < -0.39 is 0 Å². The van der Waals surface area contributed by atoms with Gasteiger partial charge in [0.1, 0.15) is 0 Å². The maximum Gasteiger partial charge on any atom is 0.0720 e. The second-order valence-electron chi connectivity index (χ2n) is 5.23. The van der Waals surface area contributed by atoms with E-state index in [1.807, 2.05) is 0 Å². The van der Waals surface area contributed by atoms with Crippen molar-refractivity contribution in [3.8, 4) is 0 Å². The number of nitrogens with two attached hydrogens (primary N) is 1. The van der Waals surface area contributed by atoms with Gasteiger partial charge in [-0.1, -0.05) is 44.0 Å². The van der Waals surface area contributed by atoms with Crippen molar-refractivity contribution in [1.82, 2.24) is 0 Å². The van der Waals surface area contributed by atoms with Gasteiger partial charge < -0.3 is 10.5 Å². The van der Waals surface area contributed by atoms with Gasteiger partial charge in [0.25, 0.3) is 0 Å². The third kappa shape index (κ3) is 3.83. The average molecular weight is 233 g/mol. The maximum absolute atomic E-state index is 6.00. The summed E-state index contributed by atoms with van der Waals surface area (Å²) in [4.78, 5) is 0. The Morgan fingerprint density at radius 1 is 1.29 bits per heavy atom. The molecule has 1 saturated carbocycles. The topological polar surface area (TPSA) is 35.2 Å². The van der Waals surface area contributed by atoms with E-state index in [1.54, 1.807) is 0 Å². The second kappa shape index (κ2) is 6.18. The van der Waals surface area contributed by atoms with Crippen molar-refractivity contribution in [2.24, 2.45) is 11.7 Å². The molecule has 1 aliphatic rings. The number of hydrogen-bond acceptors (Lipinski definition) is 2. The molecule has 2 atom stereocenters. The van der Waals surface area contributed by atoms with Crippen LogP contribution in [0.15, 0.2) is 24.3 Å². The highest BCUT2D eigenvalue weighted by atomic mass is 16.5. The standard InChI is InChI=1S/C15H23NO/c1-12-4-2-7-15(8-12)17-11-14-6-3-5-13(9-14)10-16/h3,5-6,9,12,15H,2,4,7-8,10-11,16H2,1H3. The molecule has 0 amide bonds. The summed E-state index contributed by atoms with van der Waals surface area (Å²) in [6.45, 7) is 3.66. The van der Waals surface area contributed by atoms with E-state index in [4.69, 9.17) is 10.5 Å². The van der Waals surface area contributed by atoms with Crippen LogP contribution in [0.25, 0.3) is 0 Å². The van der Waals surface area contributed by atoms with Gasteiger partial charge in [-0.25, -0.2) is 0 Å². The lowest BCUT2D eigenvalue weighted by Gasteiger charge is -2.26. The van der Waals surface area contributed by atoms with E-state index in [2.05, 4.69) is 31.2 Å². The first-order valence-corrected chi connectivity index (χ1v) is 6.67. The van der Waals surface area contributed by atoms with Crippen LogP contribution < -0.4 is 5.73 Å². The molecule has 0 heterocycles. The summed E-state index contributed by atoms with van der Waals surface area (Å²) in [5.74, 6) is 0.823. The summed E-state index contributed by atoms with van der Waals surface area (Å²) in [5.41, 5.74) is 8.06. The lowest BCUT2D eigenvalue weighted by Crippen LogP contribution is -2.21. The Morgan fingerprint density at radius 3 is 2.88 bits per heavy atom. The van der Waals surface area contributed by atoms with Crippen molar-refractivity contribution in [2.75, 3.05) is 0 Å². The van der Waals surface area contributed by atoms with Crippen molar-refractivity contribution < 1.29 is 4.74 Å². The van der Waals surface area contributed by atoms with Crippen molar-refractivity contribution in [3.05, 3.63) is 35.4 Å². The molecule has 94 valence electrons. The molecule has 0 radical (unpaired) electrons. The minimum absolute atomic E-state index is 0.459. The van der Waals surface area contributed by atoms with Gasteiger partial charge in [-0.3, -0.25) is 0 Å². The molecule has 1 fully saturated rings. The zero-order valence-corrected chi connectivity index (χ0v) is 10.7. The van der Waals surface area contributed by atoms with Crippen LogP contribution in [-0.2, 0) is 17.9 Å². The van der Waals surface area contributed by atoms with Crippen LogP contribution in [0.2, 0.25) is 0 Å². The molecular formula is C15H23NO. The summed E-state index contributed by atoms with van der Waals surface area (Å²) < 4.78 is 6.00. The number of rotatable bonds is 4. The molecule has 1 aromatic carbocycles. The predicted molar refractivity (Wildman–Crippen MR) is 70.5 cm³/mol. The summed E-state index contributed by atoms with van der Waals surface area (Å²) in [6.07, 6.45) is 5.58. The van der Waals surface area contributed by atoms with E-state index >= 15 is 0 Å². The quantitative estimate of drug-likeness (QED) is 0.866. The Bertz CT molecular complexity index is 351. The minimum Gasteiger partial charge on any atom is -0.374 e. The van der Waals surface area contributed by atoms with Gasteiger partial charge in [-0.05, 0) is 29.9 Å². The van der Waals surface area contributed by atoms with Gasteiger partial charge in [-0.15, -0.1) is 0 Å². The number of hydrogen-bond donors (Lipinski definition) is 1. The fourth-order valence-electron chi connectivity index (χ4n) is 2.59. The summed E-state index contributed by atoms with van der Waals surface area (Å²) >= 11 is 0. The first-order valence-electron chi connectivity index (χ1n) is 6.67. The fourth-order valence-corrected chi connectivity index (χ4v) is 2.59. The van der Waals surface area contributed by atoms with Crippen molar-refractivity contribution >= 4 is 0 Å². The van der Waals surface area contributed by atoms with Crippen molar-refractivity contribution in [2.45, 2.75) is 51.9 Å². The second-order valence-corrected chi connectivity index (χ2v) is 5.23. The normalized spacial score (nSPS) is 24.8. The monoisotopic (exact) mass is 233 g/mol. The summed E-state index contributed by atoms with van der Waals surface area (Å²) in [6, 6.07) is 8.38. The molecule has 1 aliphatic carbocycles. The molecule has 2 rings (SSSR count). The molecule has 17 heavy (non-hydrogen) atoms. The van der Waals surface area contributed by atoms with Crippen molar-refractivity contribution in [1.29, 1.82) is 0 Å². The first kappa shape index (κ1) is 12.6. The number of benzene rings is 1. The van der Waals surface area contributed by atoms with E-state index in [0.717, 1.165) is 12.5 Å². The molecule has 0 saturated heterocycles. The average Bonchev–Trinajstić information content (AvgIpc) is 2.37. The van der Waals surface area contributed by atoms with Crippen LogP contribution in [0.5, 0.6) is 0 Å². The van der Waals surface area contributed by atoms with Gasteiger partial charge in [-0.2, -0.15) is 0 Å². The van der Waals surface area contributed by atoms with Crippen LogP contribution in [0.3, 0.4) is 0 Å². The Kier molecular flexibility index (Phi) is 4.57. The molecule has 0 aliphatic heterocycles. The third-order valence-corrected chi connectivity index (χ3v) is 3.60. The fraction of sp³-hybridized carbons (Fsp3) is 0.600. The van der Waals surface area contributed by atoms with Gasteiger partial charge in [0.2, 0.25) is 0 Å². The molecule has 0 bridgehead atoms. The highest BCUT2D eigenvalue weighted by Crippen LogP contribution is 2.26. The SMILES string of the molecule is CC1CCCC(OCc2cccc(CN)c2)C1. The number of ether oxygens (including phenoxy) is 1. The lowest BCUT2D eigenvalue weighted by atomic mass is 9.89. The maximum atomic E-state index is 6.00. The van der Waals surface area contributed by atoms with Crippen LogP contribution in [0, 0.1) is 5.92 Å². The Hall–Kier alpha value is -0.860. The molecule has 0 spiro atoms. The molecular weight excluding hydrogens is 210 g/mol. The Balaban J connectivity index is 1.84. The summed E-state index contributed by atoms with van der Waals surface area (Å²) in [7, 11) is 0. The van der Waals surface area contributed by atoms with Crippen LogP contribution in [0.4, 0.5) is 0 Å². The van der Waals surface area contributed by atoms with Gasteiger partial charge >= 0.3 is 0 Å². The van der Waals surface area contributed by atoms with E-state index in [1.165, 1.54) is 36.8 Å². The van der Waals surface area contributed by atoms with Crippen LogP contribution >= 0.6 is 0 Å². The molecule has 2 N–H and O–H groups in total. The minimum atomic E-state index is 0.459. The predicted octanol–water partition coefficient (Wildman–Crippen LogP) is 3.24. The Labute approximate surface area is 104 Å². The van der Waals surface area contributed by atoms with Gasteiger partial charge in [0.15, 0.2) is 0 Å². The summed E-state index contributed by atoms with van der Waals surface area (Å²) in [5, 5.41) is 0. The van der Waals surface area contributed by atoms with E-state index in [-0.39, 0.29) is 0 Å². The van der Waals surface area contributed by atoms with Crippen molar-refractivity contribution in [3.63, 3.8) is 0 Å². The smallest absolute Gasteiger partial charge is 0.0720 e. The zero-order valence-electron chi connectivity index (χ0n) is 10.7. The zero-order chi connectivity index (χ0) is 12.1. The Morgan fingerprint density at radius 2 is 2.12 bits per heavy atom. The van der Waals surface area contributed by atoms with E-state index in [9.17, 15) is 0 Å². The van der Waals surface area contributed by atoms with Gasteiger partial charge in [0.05, 0.1) is 12.7 Å². The molecule has 2 heteroatoms. The molecule has 2 unspecified atom stereocenters. The molecule has 0 aromatic heterocycles. The van der Waals surface area contributed by atoms with Crippen LogP contribution in [0.1, 0.15) is 43.7 Å². The highest BCUT2D eigenvalue weighted by molar-refractivity contribution is 5.22. The first-order chi connectivity index (χ1) is 8.28. The van der Waals surface area contributed by atoms with Gasteiger partial charge in [0, 0.05) is 6.54 Å². The highest BCUT2D eigenvalue weighted by Gasteiger charge is 2.19. The lowest BCUT2D eigenvalue weighted by molar-refractivity contribution is 0.00465. The third-order valence-electron chi connectivity index (χ3n) is 3.60. The van der Waals surface area contributed by atoms with Crippen LogP contribution in [-0.4, -0.2) is 6.10 Å². The molecule has 2 nitrogen and oxygen atoms in total. The van der Waals surface area contributed by atoms with E-state index in [0.29, 0.717) is 12.6 Å².